The van der Waals surface area contributed by atoms with Gasteiger partial charge < -0.3 is 10.1 Å². The average molecular weight is 300 g/mol. The van der Waals surface area contributed by atoms with Gasteiger partial charge in [-0.2, -0.15) is 5.10 Å². The molecule has 1 aromatic carbocycles. The van der Waals surface area contributed by atoms with Crippen LogP contribution in [0.25, 0.3) is 0 Å². The van der Waals surface area contributed by atoms with E-state index < -0.39 is 0 Å². The van der Waals surface area contributed by atoms with Crippen LogP contribution < -0.4 is 10.1 Å². The molecular weight excluding hydrogens is 280 g/mol. The summed E-state index contributed by atoms with van der Waals surface area (Å²) in [6.45, 7) is 4.78. The number of rotatable bonds is 4. The predicted octanol–water partition coefficient (Wildman–Crippen LogP) is 1.40. The van der Waals surface area contributed by atoms with Crippen molar-refractivity contribution in [2.24, 2.45) is 0 Å². The van der Waals surface area contributed by atoms with E-state index in [0.717, 1.165) is 30.0 Å². The molecule has 0 aliphatic carbocycles. The molecular formula is C16H20N4O2. The number of carbonyl (C=O) groups is 1. The topological polar surface area (TPSA) is 69.0 Å². The van der Waals surface area contributed by atoms with Gasteiger partial charge in [0.2, 0.25) is 0 Å². The van der Waals surface area contributed by atoms with Crippen molar-refractivity contribution in [3.8, 4) is 5.75 Å². The molecule has 2 heterocycles. The van der Waals surface area contributed by atoms with Crippen LogP contribution in [-0.2, 0) is 17.8 Å². The van der Waals surface area contributed by atoms with Crippen LogP contribution in [0.4, 0.5) is 0 Å². The van der Waals surface area contributed by atoms with E-state index in [1.807, 2.05) is 36.7 Å². The molecule has 22 heavy (non-hydrogen) atoms. The number of ether oxygens (including phenoxy) is 1. The van der Waals surface area contributed by atoms with Gasteiger partial charge in [0.25, 0.3) is 5.91 Å². The van der Waals surface area contributed by atoms with Crippen molar-refractivity contribution in [3.63, 3.8) is 0 Å². The summed E-state index contributed by atoms with van der Waals surface area (Å²) in [5, 5.41) is 7.14. The largest absolute Gasteiger partial charge is 0.484 e. The molecule has 0 saturated carbocycles. The number of amides is 1. The standard InChI is InChI=1S/C16H20N4O2/c1-11-3-5-14(7-12(11)2)22-9-16(21)19-13-4-6-15-17-10-18-20(15)8-13/h3,5,7,10,13H,4,6,8-9H2,1-2H3,(H,19,21)/t13-/m0/s1. The molecule has 1 aliphatic rings. The number of hydrogen-bond acceptors (Lipinski definition) is 4. The lowest BCUT2D eigenvalue weighted by Gasteiger charge is -2.23. The van der Waals surface area contributed by atoms with Crippen molar-refractivity contribution < 1.29 is 9.53 Å². The molecule has 116 valence electrons. The number of nitrogens with zero attached hydrogens (tertiary/aromatic N) is 3. The third-order valence-corrected chi connectivity index (χ3v) is 4.02. The van der Waals surface area contributed by atoms with Crippen molar-refractivity contribution in [2.75, 3.05) is 6.61 Å². The fourth-order valence-corrected chi connectivity index (χ4v) is 2.58. The highest BCUT2D eigenvalue weighted by atomic mass is 16.5. The molecule has 2 aromatic rings. The minimum Gasteiger partial charge on any atom is -0.484 e. The van der Waals surface area contributed by atoms with Gasteiger partial charge in [-0.25, -0.2) is 9.67 Å². The van der Waals surface area contributed by atoms with Gasteiger partial charge in [0.1, 0.15) is 17.9 Å². The van der Waals surface area contributed by atoms with Gasteiger partial charge in [-0.05, 0) is 43.5 Å². The van der Waals surface area contributed by atoms with Crippen molar-refractivity contribution in [2.45, 2.75) is 39.3 Å². The SMILES string of the molecule is Cc1ccc(OCC(=O)N[C@H]2CCc3ncnn3C2)cc1C. The van der Waals surface area contributed by atoms with E-state index in [2.05, 4.69) is 15.4 Å². The van der Waals surface area contributed by atoms with Gasteiger partial charge in [-0.15, -0.1) is 0 Å². The van der Waals surface area contributed by atoms with Crippen LogP contribution in [-0.4, -0.2) is 33.3 Å². The molecule has 0 fully saturated rings. The van der Waals surface area contributed by atoms with Gasteiger partial charge in [0.15, 0.2) is 6.61 Å². The molecule has 6 heteroatoms. The minimum atomic E-state index is -0.105. The van der Waals surface area contributed by atoms with Crippen LogP contribution in [0.1, 0.15) is 23.4 Å². The molecule has 1 N–H and O–H groups in total. The lowest BCUT2D eigenvalue weighted by molar-refractivity contribution is -0.124. The maximum absolute atomic E-state index is 12.0. The predicted molar refractivity (Wildman–Crippen MR) is 81.7 cm³/mol. The van der Waals surface area contributed by atoms with Gasteiger partial charge in [-0.3, -0.25) is 4.79 Å². The summed E-state index contributed by atoms with van der Waals surface area (Å²) in [6, 6.07) is 5.92. The summed E-state index contributed by atoms with van der Waals surface area (Å²) >= 11 is 0. The zero-order chi connectivity index (χ0) is 15.5. The maximum atomic E-state index is 12.0. The first-order valence-corrected chi connectivity index (χ1v) is 7.48. The molecule has 0 radical (unpaired) electrons. The normalized spacial score (nSPS) is 16.9. The van der Waals surface area contributed by atoms with Crippen molar-refractivity contribution >= 4 is 5.91 Å². The van der Waals surface area contributed by atoms with Crippen molar-refractivity contribution in [1.29, 1.82) is 0 Å². The molecule has 1 aliphatic heterocycles. The second kappa shape index (κ2) is 6.17. The first-order valence-electron chi connectivity index (χ1n) is 7.48. The number of benzene rings is 1. The van der Waals surface area contributed by atoms with Crippen LogP contribution >= 0.6 is 0 Å². The molecule has 1 amide bonds. The van der Waals surface area contributed by atoms with Gasteiger partial charge in [0.05, 0.1) is 6.54 Å². The lowest BCUT2D eigenvalue weighted by atomic mass is 10.1. The van der Waals surface area contributed by atoms with Crippen molar-refractivity contribution in [1.82, 2.24) is 20.1 Å². The van der Waals surface area contributed by atoms with Crippen LogP contribution in [0, 0.1) is 13.8 Å². The number of nitrogens with one attached hydrogen (secondary N) is 1. The number of aryl methyl sites for hydroxylation is 3. The Labute approximate surface area is 129 Å². The Bertz CT molecular complexity index is 681. The van der Waals surface area contributed by atoms with Crippen LogP contribution in [0.15, 0.2) is 24.5 Å². The Hall–Kier alpha value is -2.37. The zero-order valence-electron chi connectivity index (χ0n) is 12.9. The summed E-state index contributed by atoms with van der Waals surface area (Å²) in [7, 11) is 0. The number of fused-ring (bicyclic) bond motifs is 1. The smallest absolute Gasteiger partial charge is 0.258 e. The number of hydrogen-bond donors (Lipinski definition) is 1. The number of aromatic nitrogens is 3. The van der Waals surface area contributed by atoms with E-state index >= 15 is 0 Å². The fraction of sp³-hybridized carbons (Fsp3) is 0.438. The Morgan fingerprint density at radius 2 is 2.27 bits per heavy atom. The molecule has 1 atom stereocenters. The first kappa shape index (κ1) is 14.6. The highest BCUT2D eigenvalue weighted by molar-refractivity contribution is 5.77. The van der Waals surface area contributed by atoms with Crippen molar-refractivity contribution in [3.05, 3.63) is 41.5 Å². The van der Waals surface area contributed by atoms with E-state index in [-0.39, 0.29) is 18.6 Å². The van der Waals surface area contributed by atoms with E-state index in [1.54, 1.807) is 6.33 Å². The third kappa shape index (κ3) is 3.27. The van der Waals surface area contributed by atoms with Crippen LogP contribution in [0.3, 0.4) is 0 Å². The van der Waals surface area contributed by atoms with E-state index in [1.165, 1.54) is 5.56 Å². The molecule has 0 saturated heterocycles. The quantitative estimate of drug-likeness (QED) is 0.927. The molecule has 0 bridgehead atoms. The van der Waals surface area contributed by atoms with Crippen LogP contribution in [0.5, 0.6) is 5.75 Å². The highest BCUT2D eigenvalue weighted by Gasteiger charge is 2.21. The summed E-state index contributed by atoms with van der Waals surface area (Å²) in [6.07, 6.45) is 3.28. The van der Waals surface area contributed by atoms with Gasteiger partial charge in [-0.1, -0.05) is 6.07 Å². The second-order valence-corrected chi connectivity index (χ2v) is 5.70. The molecule has 0 spiro atoms. The Kier molecular flexibility index (Phi) is 4.09. The average Bonchev–Trinajstić information content (AvgIpc) is 2.96. The molecule has 1 aromatic heterocycles. The third-order valence-electron chi connectivity index (χ3n) is 4.02. The second-order valence-electron chi connectivity index (χ2n) is 5.70. The van der Waals surface area contributed by atoms with E-state index in [4.69, 9.17) is 4.74 Å². The fourth-order valence-electron chi connectivity index (χ4n) is 2.58. The van der Waals surface area contributed by atoms with Gasteiger partial charge in [0, 0.05) is 12.5 Å². The zero-order valence-corrected chi connectivity index (χ0v) is 12.9. The first-order chi connectivity index (χ1) is 10.6. The summed E-state index contributed by atoms with van der Waals surface area (Å²) < 4.78 is 7.40. The van der Waals surface area contributed by atoms with E-state index in [0.29, 0.717) is 6.54 Å². The minimum absolute atomic E-state index is 0.0310. The molecule has 3 rings (SSSR count). The highest BCUT2D eigenvalue weighted by Crippen LogP contribution is 2.16. The monoisotopic (exact) mass is 300 g/mol. The summed E-state index contributed by atoms with van der Waals surface area (Å²) in [4.78, 5) is 16.2. The Morgan fingerprint density at radius 1 is 1.41 bits per heavy atom. The van der Waals surface area contributed by atoms with Gasteiger partial charge >= 0.3 is 0 Å². The summed E-state index contributed by atoms with van der Waals surface area (Å²) in [5.74, 6) is 1.60. The molecule has 0 unspecified atom stereocenters. The van der Waals surface area contributed by atoms with Crippen LogP contribution in [0.2, 0.25) is 0 Å². The number of carbonyl (C=O) groups excluding carboxylic acids is 1. The maximum Gasteiger partial charge on any atom is 0.258 e. The molecule has 6 nitrogen and oxygen atoms in total. The lowest BCUT2D eigenvalue weighted by Crippen LogP contribution is -2.43. The Morgan fingerprint density at radius 3 is 3.09 bits per heavy atom. The summed E-state index contributed by atoms with van der Waals surface area (Å²) in [5.41, 5.74) is 2.37. The van der Waals surface area contributed by atoms with E-state index in [9.17, 15) is 4.79 Å². The Balaban J connectivity index is 1.50.